The maximum absolute atomic E-state index is 11.0. The van der Waals surface area contributed by atoms with Crippen LogP contribution < -0.4 is 0 Å². The van der Waals surface area contributed by atoms with Gasteiger partial charge in [-0.1, -0.05) is 13.8 Å². The van der Waals surface area contributed by atoms with E-state index in [0.29, 0.717) is 5.92 Å². The van der Waals surface area contributed by atoms with E-state index in [-0.39, 0.29) is 0 Å². The van der Waals surface area contributed by atoms with Crippen molar-refractivity contribution in [1.29, 1.82) is 0 Å². The van der Waals surface area contributed by atoms with Gasteiger partial charge in [0.05, 0.1) is 5.92 Å². The number of aliphatic carboxylic acids is 1. The lowest BCUT2D eigenvalue weighted by Gasteiger charge is -2.13. The summed E-state index contributed by atoms with van der Waals surface area (Å²) in [7, 11) is 0. The molecule has 0 spiro atoms. The summed E-state index contributed by atoms with van der Waals surface area (Å²) in [4.78, 5) is 11.0. The number of hydrogen-bond acceptors (Lipinski definition) is 1. The first kappa shape index (κ1) is 12.8. The van der Waals surface area contributed by atoms with Gasteiger partial charge < -0.3 is 9.67 Å². The Balaban J connectivity index is 3.10. The van der Waals surface area contributed by atoms with E-state index in [1.807, 2.05) is 19.9 Å². The molecular formula is C13H21NO2. The number of aromatic nitrogens is 1. The summed E-state index contributed by atoms with van der Waals surface area (Å²) in [6.45, 7) is 11.1. The average Bonchev–Trinajstić information content (AvgIpc) is 2.44. The van der Waals surface area contributed by atoms with Gasteiger partial charge >= 0.3 is 5.97 Å². The summed E-state index contributed by atoms with van der Waals surface area (Å²) < 4.78 is 2.21. The highest BCUT2D eigenvalue weighted by Gasteiger charge is 2.20. The number of carbonyl (C=O) groups is 1. The molecule has 1 aromatic heterocycles. The molecule has 0 amide bonds. The fourth-order valence-corrected chi connectivity index (χ4v) is 2.05. The molecular weight excluding hydrogens is 202 g/mol. The highest BCUT2D eigenvalue weighted by atomic mass is 16.4. The molecule has 0 radical (unpaired) electrons. The van der Waals surface area contributed by atoms with E-state index in [2.05, 4.69) is 18.4 Å². The molecule has 0 bridgehead atoms. The molecule has 0 fully saturated rings. The van der Waals surface area contributed by atoms with Crippen LogP contribution in [0.4, 0.5) is 0 Å². The summed E-state index contributed by atoms with van der Waals surface area (Å²) in [6.07, 6.45) is 0. The monoisotopic (exact) mass is 223 g/mol. The van der Waals surface area contributed by atoms with E-state index in [9.17, 15) is 4.79 Å². The highest BCUT2D eigenvalue weighted by molar-refractivity contribution is 5.76. The minimum atomic E-state index is -0.759. The van der Waals surface area contributed by atoms with Crippen molar-refractivity contribution < 1.29 is 9.90 Å². The second-order valence-corrected chi connectivity index (χ2v) is 4.89. The minimum Gasteiger partial charge on any atom is -0.481 e. The lowest BCUT2D eigenvalue weighted by atomic mass is 10.0. The first-order valence-corrected chi connectivity index (χ1v) is 5.74. The molecule has 90 valence electrons. The fourth-order valence-electron chi connectivity index (χ4n) is 2.05. The summed E-state index contributed by atoms with van der Waals surface area (Å²) in [5.74, 6) is -0.616. The SMILES string of the molecule is Cc1cc(C(C)C(=O)O)c(C)n1CC(C)C. The first-order valence-electron chi connectivity index (χ1n) is 5.74. The summed E-state index contributed by atoms with van der Waals surface area (Å²) in [5.41, 5.74) is 3.17. The Morgan fingerprint density at radius 3 is 2.38 bits per heavy atom. The Morgan fingerprint density at radius 1 is 1.38 bits per heavy atom. The Bertz CT molecular complexity index is 391. The van der Waals surface area contributed by atoms with Gasteiger partial charge in [0.25, 0.3) is 0 Å². The molecule has 16 heavy (non-hydrogen) atoms. The minimum absolute atomic E-state index is 0.424. The van der Waals surface area contributed by atoms with E-state index in [4.69, 9.17) is 5.11 Å². The predicted molar refractivity (Wildman–Crippen MR) is 64.8 cm³/mol. The quantitative estimate of drug-likeness (QED) is 0.852. The van der Waals surface area contributed by atoms with Gasteiger partial charge in [0, 0.05) is 17.9 Å². The molecule has 3 heteroatoms. The van der Waals surface area contributed by atoms with Gasteiger partial charge in [-0.15, -0.1) is 0 Å². The van der Waals surface area contributed by atoms with Crippen LogP contribution in [0, 0.1) is 19.8 Å². The summed E-state index contributed by atoms with van der Waals surface area (Å²) >= 11 is 0. The van der Waals surface area contributed by atoms with Crippen LogP contribution in [0.5, 0.6) is 0 Å². The smallest absolute Gasteiger partial charge is 0.310 e. The van der Waals surface area contributed by atoms with Gasteiger partial charge in [-0.2, -0.15) is 0 Å². The molecule has 1 rings (SSSR count). The van der Waals surface area contributed by atoms with Crippen LogP contribution in [0.3, 0.4) is 0 Å². The van der Waals surface area contributed by atoms with Gasteiger partial charge in [-0.3, -0.25) is 4.79 Å². The Kier molecular flexibility index (Phi) is 3.79. The molecule has 1 aromatic rings. The van der Waals surface area contributed by atoms with E-state index in [0.717, 1.165) is 23.5 Å². The third-order valence-corrected chi connectivity index (χ3v) is 3.00. The van der Waals surface area contributed by atoms with Crippen molar-refractivity contribution in [3.8, 4) is 0 Å². The standard InChI is InChI=1S/C13H21NO2/c1-8(2)7-14-9(3)6-12(11(14)5)10(4)13(15)16/h6,8,10H,7H2,1-5H3,(H,15,16). The lowest BCUT2D eigenvalue weighted by Crippen LogP contribution is -2.11. The normalized spacial score (nSPS) is 13.1. The first-order chi connectivity index (χ1) is 7.34. The fraction of sp³-hybridized carbons (Fsp3) is 0.615. The van der Waals surface area contributed by atoms with Crippen LogP contribution in [0.2, 0.25) is 0 Å². The average molecular weight is 223 g/mol. The number of hydrogen-bond donors (Lipinski definition) is 1. The van der Waals surface area contributed by atoms with E-state index < -0.39 is 11.9 Å². The molecule has 0 aliphatic rings. The van der Waals surface area contributed by atoms with Crippen LogP contribution in [0.25, 0.3) is 0 Å². The molecule has 0 aliphatic carbocycles. The van der Waals surface area contributed by atoms with Crippen LogP contribution in [-0.4, -0.2) is 15.6 Å². The molecule has 3 nitrogen and oxygen atoms in total. The van der Waals surface area contributed by atoms with Crippen molar-refractivity contribution in [2.24, 2.45) is 5.92 Å². The van der Waals surface area contributed by atoms with Crippen molar-refractivity contribution >= 4 is 5.97 Å². The van der Waals surface area contributed by atoms with Gasteiger partial charge in [0.2, 0.25) is 0 Å². The van der Waals surface area contributed by atoms with Crippen LogP contribution >= 0.6 is 0 Å². The van der Waals surface area contributed by atoms with Gasteiger partial charge in [0.15, 0.2) is 0 Å². The van der Waals surface area contributed by atoms with E-state index in [1.165, 1.54) is 0 Å². The van der Waals surface area contributed by atoms with E-state index in [1.54, 1.807) is 6.92 Å². The summed E-state index contributed by atoms with van der Waals surface area (Å²) in [6, 6.07) is 2.00. The molecule has 0 saturated carbocycles. The Labute approximate surface area is 97.1 Å². The van der Waals surface area contributed by atoms with Crippen molar-refractivity contribution in [3.05, 3.63) is 23.0 Å². The van der Waals surface area contributed by atoms with Crippen molar-refractivity contribution in [2.45, 2.75) is 47.1 Å². The van der Waals surface area contributed by atoms with Crippen molar-refractivity contribution in [2.75, 3.05) is 0 Å². The lowest BCUT2D eigenvalue weighted by molar-refractivity contribution is -0.138. The van der Waals surface area contributed by atoms with Crippen LogP contribution in [0.1, 0.15) is 43.6 Å². The molecule has 1 heterocycles. The molecule has 1 unspecified atom stereocenters. The maximum Gasteiger partial charge on any atom is 0.310 e. The maximum atomic E-state index is 11.0. The van der Waals surface area contributed by atoms with Crippen molar-refractivity contribution in [1.82, 2.24) is 4.57 Å². The molecule has 1 N–H and O–H groups in total. The molecule has 0 aromatic carbocycles. The van der Waals surface area contributed by atoms with E-state index >= 15 is 0 Å². The topological polar surface area (TPSA) is 42.2 Å². The van der Waals surface area contributed by atoms with Crippen LogP contribution in [0.15, 0.2) is 6.07 Å². The van der Waals surface area contributed by atoms with Gasteiger partial charge in [-0.25, -0.2) is 0 Å². The zero-order chi connectivity index (χ0) is 12.5. The highest BCUT2D eigenvalue weighted by Crippen LogP contribution is 2.24. The second-order valence-electron chi connectivity index (χ2n) is 4.89. The zero-order valence-corrected chi connectivity index (χ0v) is 10.7. The number of carboxylic acids is 1. The number of aryl methyl sites for hydroxylation is 1. The second kappa shape index (κ2) is 4.73. The van der Waals surface area contributed by atoms with Gasteiger partial charge in [-0.05, 0) is 38.3 Å². The third kappa shape index (κ3) is 2.46. The predicted octanol–water partition coefficient (Wildman–Crippen LogP) is 2.95. The zero-order valence-electron chi connectivity index (χ0n) is 10.7. The number of nitrogens with zero attached hydrogens (tertiary/aromatic N) is 1. The number of rotatable bonds is 4. The summed E-state index contributed by atoms with van der Waals surface area (Å²) in [5, 5.41) is 9.03. The Hall–Kier alpha value is -1.25. The van der Waals surface area contributed by atoms with Crippen LogP contribution in [-0.2, 0) is 11.3 Å². The third-order valence-electron chi connectivity index (χ3n) is 3.00. The Morgan fingerprint density at radius 2 is 1.94 bits per heavy atom. The number of carboxylic acid groups (broad SMARTS) is 1. The van der Waals surface area contributed by atoms with Crippen molar-refractivity contribution in [3.63, 3.8) is 0 Å². The molecule has 1 atom stereocenters. The molecule has 0 aliphatic heterocycles. The molecule has 0 saturated heterocycles. The van der Waals surface area contributed by atoms with Gasteiger partial charge in [0.1, 0.15) is 0 Å². The largest absolute Gasteiger partial charge is 0.481 e.